The number of carbonyl (C=O) groups excluding carboxylic acids is 2. The smallest absolute Gasteiger partial charge is 0.340 e. The van der Waals surface area contributed by atoms with Crippen molar-refractivity contribution in [1.29, 1.82) is 0 Å². The highest BCUT2D eigenvalue weighted by molar-refractivity contribution is 6.09. The number of nitrogens with one attached hydrogen (secondary N) is 1. The molecule has 1 amide bonds. The van der Waals surface area contributed by atoms with E-state index in [-0.39, 0.29) is 34.7 Å². The molecule has 0 aliphatic rings. The molecule has 3 aromatic rings. The number of pyridine rings is 1. The molecule has 0 atom stereocenters. The largest absolute Gasteiger partial charge is 0.462 e. The highest BCUT2D eigenvalue weighted by Crippen LogP contribution is 2.32. The minimum absolute atomic E-state index is 0.0109. The van der Waals surface area contributed by atoms with Crippen LogP contribution in [0.25, 0.3) is 11.1 Å². The van der Waals surface area contributed by atoms with Gasteiger partial charge in [0.15, 0.2) is 0 Å². The number of hydrazone groups is 1. The summed E-state index contributed by atoms with van der Waals surface area (Å²) in [5, 5.41) is 24.6. The van der Waals surface area contributed by atoms with Crippen molar-refractivity contribution in [1.82, 2.24) is 10.4 Å². The molecule has 0 saturated heterocycles. The number of aliphatic hydroxyl groups excluding tert-OH is 1. The molecule has 0 unspecified atom stereocenters. The first-order chi connectivity index (χ1) is 16.4. The van der Waals surface area contributed by atoms with Crippen LogP contribution in [-0.4, -0.2) is 39.7 Å². The third-order valence-corrected chi connectivity index (χ3v) is 4.86. The Kier molecular flexibility index (Phi) is 7.78. The van der Waals surface area contributed by atoms with Crippen LogP contribution in [0.15, 0.2) is 59.7 Å². The van der Waals surface area contributed by atoms with Crippen molar-refractivity contribution < 1.29 is 24.4 Å². The number of amides is 1. The number of benzene rings is 2. The molecule has 0 radical (unpaired) electrons. The highest BCUT2D eigenvalue weighted by Gasteiger charge is 2.28. The van der Waals surface area contributed by atoms with Crippen molar-refractivity contribution in [3.05, 3.63) is 92.8 Å². The number of nitrogens with zero attached hydrogens (tertiary/aromatic N) is 3. The minimum Gasteiger partial charge on any atom is -0.462 e. The zero-order valence-corrected chi connectivity index (χ0v) is 18.5. The molecule has 3 rings (SSSR count). The first-order valence-corrected chi connectivity index (χ1v) is 10.3. The summed E-state index contributed by atoms with van der Waals surface area (Å²) in [5.74, 6) is -1.33. The molecule has 0 saturated carbocycles. The Morgan fingerprint density at radius 2 is 1.82 bits per heavy atom. The second-order valence-electron chi connectivity index (χ2n) is 7.06. The van der Waals surface area contributed by atoms with Gasteiger partial charge in [0.1, 0.15) is 0 Å². The number of carbonyl (C=O) groups is 2. The Morgan fingerprint density at radius 1 is 1.15 bits per heavy atom. The summed E-state index contributed by atoms with van der Waals surface area (Å²) < 4.78 is 5.19. The molecule has 2 aromatic carbocycles. The van der Waals surface area contributed by atoms with Gasteiger partial charge in [-0.3, -0.25) is 19.9 Å². The number of ether oxygens (including phenoxy) is 1. The molecule has 0 fully saturated rings. The number of aromatic nitrogens is 1. The molecular formula is C24H22N4O6. The number of nitro benzene ring substituents is 1. The third-order valence-electron chi connectivity index (χ3n) is 4.86. The number of rotatable bonds is 8. The number of aliphatic hydroxyl groups is 1. The number of aryl methyl sites for hydroxylation is 1. The van der Waals surface area contributed by atoms with E-state index in [2.05, 4.69) is 15.5 Å². The molecule has 0 bridgehead atoms. The maximum atomic E-state index is 13.2. The number of nitro groups is 1. The molecule has 10 nitrogen and oxygen atoms in total. The Labute approximate surface area is 195 Å². The Morgan fingerprint density at radius 3 is 2.41 bits per heavy atom. The lowest BCUT2D eigenvalue weighted by Gasteiger charge is -2.18. The SMILES string of the molecule is CCOC(=O)c1c(C)nc(CO)c(C(=O)N/N=C\c2ccc([N+](=O)[O-])cc2)c1-c1ccccc1. The lowest BCUT2D eigenvalue weighted by atomic mass is 9.92. The van der Waals surface area contributed by atoms with Gasteiger partial charge in [-0.15, -0.1) is 0 Å². The van der Waals surface area contributed by atoms with E-state index in [1.807, 2.05) is 0 Å². The van der Waals surface area contributed by atoms with Crippen molar-refractivity contribution in [3.8, 4) is 11.1 Å². The second-order valence-corrected chi connectivity index (χ2v) is 7.06. The maximum absolute atomic E-state index is 13.2. The van der Waals surface area contributed by atoms with Gasteiger partial charge in [0.25, 0.3) is 11.6 Å². The Bertz CT molecular complexity index is 1240. The van der Waals surface area contributed by atoms with Crippen LogP contribution in [0.2, 0.25) is 0 Å². The number of hydrogen-bond donors (Lipinski definition) is 2. The average molecular weight is 462 g/mol. The van der Waals surface area contributed by atoms with Crippen molar-refractivity contribution in [2.45, 2.75) is 20.5 Å². The molecule has 34 heavy (non-hydrogen) atoms. The van der Waals surface area contributed by atoms with Gasteiger partial charge in [-0.05, 0) is 37.1 Å². The summed E-state index contributed by atoms with van der Waals surface area (Å²) in [6.07, 6.45) is 1.32. The van der Waals surface area contributed by atoms with Crippen LogP contribution in [0.3, 0.4) is 0 Å². The van der Waals surface area contributed by atoms with Crippen LogP contribution in [-0.2, 0) is 11.3 Å². The normalized spacial score (nSPS) is 10.8. The van der Waals surface area contributed by atoms with Gasteiger partial charge < -0.3 is 9.84 Å². The van der Waals surface area contributed by atoms with Gasteiger partial charge in [-0.1, -0.05) is 30.3 Å². The summed E-state index contributed by atoms with van der Waals surface area (Å²) in [5.41, 5.74) is 4.17. The lowest BCUT2D eigenvalue weighted by Crippen LogP contribution is -2.24. The topological polar surface area (TPSA) is 144 Å². The molecule has 0 spiro atoms. The van der Waals surface area contributed by atoms with E-state index in [0.717, 1.165) is 0 Å². The highest BCUT2D eigenvalue weighted by atomic mass is 16.6. The van der Waals surface area contributed by atoms with E-state index >= 15 is 0 Å². The van der Waals surface area contributed by atoms with Crippen molar-refractivity contribution in [2.24, 2.45) is 5.10 Å². The Balaban J connectivity index is 2.04. The van der Waals surface area contributed by atoms with Crippen molar-refractivity contribution >= 4 is 23.8 Å². The quantitative estimate of drug-likeness (QED) is 0.226. The lowest BCUT2D eigenvalue weighted by molar-refractivity contribution is -0.384. The monoisotopic (exact) mass is 462 g/mol. The number of hydrogen-bond acceptors (Lipinski definition) is 8. The van der Waals surface area contributed by atoms with Crippen LogP contribution >= 0.6 is 0 Å². The molecule has 10 heteroatoms. The van der Waals surface area contributed by atoms with Gasteiger partial charge in [-0.25, -0.2) is 10.2 Å². The average Bonchev–Trinajstić information content (AvgIpc) is 2.84. The van der Waals surface area contributed by atoms with Gasteiger partial charge in [0.05, 0.1) is 46.9 Å². The Hall–Kier alpha value is -4.44. The van der Waals surface area contributed by atoms with E-state index in [4.69, 9.17) is 4.74 Å². The van der Waals surface area contributed by atoms with Gasteiger partial charge in [0, 0.05) is 17.7 Å². The molecule has 0 aliphatic heterocycles. The second kappa shape index (κ2) is 10.9. The van der Waals surface area contributed by atoms with E-state index < -0.39 is 23.4 Å². The van der Waals surface area contributed by atoms with Crippen LogP contribution in [0, 0.1) is 17.0 Å². The predicted molar refractivity (Wildman–Crippen MR) is 124 cm³/mol. The standard InChI is InChI=1S/C24H22N4O6/c1-3-34-24(31)20-15(2)26-19(14-29)22(21(20)17-7-5-4-6-8-17)23(30)27-25-13-16-9-11-18(12-10-16)28(32)33/h4-13,29H,3,14H2,1-2H3,(H,27,30)/b25-13-. The van der Waals surface area contributed by atoms with E-state index in [0.29, 0.717) is 16.8 Å². The number of non-ortho nitro benzene ring substituents is 1. The van der Waals surface area contributed by atoms with Crippen LogP contribution in [0.1, 0.15) is 44.6 Å². The van der Waals surface area contributed by atoms with Crippen LogP contribution < -0.4 is 5.43 Å². The zero-order chi connectivity index (χ0) is 24.7. The fraction of sp³-hybridized carbons (Fsp3) is 0.167. The first-order valence-electron chi connectivity index (χ1n) is 10.3. The molecule has 174 valence electrons. The van der Waals surface area contributed by atoms with Crippen LogP contribution in [0.5, 0.6) is 0 Å². The van der Waals surface area contributed by atoms with Crippen molar-refractivity contribution in [2.75, 3.05) is 6.61 Å². The molecular weight excluding hydrogens is 440 g/mol. The third kappa shape index (κ3) is 5.30. The predicted octanol–water partition coefficient (Wildman–Crippen LogP) is 3.40. The van der Waals surface area contributed by atoms with E-state index in [1.54, 1.807) is 44.2 Å². The summed E-state index contributed by atoms with van der Waals surface area (Å²) in [7, 11) is 0. The molecule has 0 aliphatic carbocycles. The van der Waals surface area contributed by atoms with Gasteiger partial charge in [0.2, 0.25) is 0 Å². The first kappa shape index (κ1) is 24.2. The fourth-order valence-electron chi connectivity index (χ4n) is 3.37. The zero-order valence-electron chi connectivity index (χ0n) is 18.5. The van der Waals surface area contributed by atoms with E-state index in [1.165, 1.54) is 30.5 Å². The summed E-state index contributed by atoms with van der Waals surface area (Å²) >= 11 is 0. The summed E-state index contributed by atoms with van der Waals surface area (Å²) in [4.78, 5) is 40.5. The van der Waals surface area contributed by atoms with Gasteiger partial charge >= 0.3 is 5.97 Å². The molecule has 1 aromatic heterocycles. The summed E-state index contributed by atoms with van der Waals surface area (Å²) in [6, 6.07) is 14.4. The van der Waals surface area contributed by atoms with Crippen molar-refractivity contribution in [3.63, 3.8) is 0 Å². The fourth-order valence-corrected chi connectivity index (χ4v) is 3.37. The minimum atomic E-state index is -0.695. The van der Waals surface area contributed by atoms with E-state index in [9.17, 15) is 24.8 Å². The van der Waals surface area contributed by atoms with Crippen LogP contribution in [0.4, 0.5) is 5.69 Å². The summed E-state index contributed by atoms with van der Waals surface area (Å²) in [6.45, 7) is 2.87. The molecule has 2 N–H and O–H groups in total. The van der Waals surface area contributed by atoms with Gasteiger partial charge in [-0.2, -0.15) is 5.10 Å². The molecule has 1 heterocycles. The number of esters is 1. The maximum Gasteiger partial charge on any atom is 0.340 e.